The number of fused-ring (bicyclic) bond motifs is 1. The van der Waals surface area contributed by atoms with Gasteiger partial charge in [0.1, 0.15) is 5.75 Å². The summed E-state index contributed by atoms with van der Waals surface area (Å²) in [6.45, 7) is 0.931. The first-order chi connectivity index (χ1) is 7.81. The number of rotatable bonds is 5. The molecule has 0 spiro atoms. The van der Waals surface area contributed by atoms with E-state index in [1.54, 1.807) is 6.07 Å². The Kier molecular flexibility index (Phi) is 3.46. The molecule has 1 aliphatic heterocycles. The van der Waals surface area contributed by atoms with E-state index < -0.39 is 0 Å². The summed E-state index contributed by atoms with van der Waals surface area (Å²) in [5, 5.41) is 12.7. The van der Waals surface area contributed by atoms with Crippen molar-refractivity contribution in [2.24, 2.45) is 0 Å². The summed E-state index contributed by atoms with van der Waals surface area (Å²) in [5.74, 6) is 1.36. The maximum absolute atomic E-state index is 11.9. The Balaban J connectivity index is 1.98. The van der Waals surface area contributed by atoms with Crippen LogP contribution in [-0.2, 0) is 6.54 Å². The van der Waals surface area contributed by atoms with Gasteiger partial charge in [0.2, 0.25) is 6.79 Å². The number of alkyl halides is 1. The fraction of sp³-hybridized carbons (Fsp3) is 0.455. The van der Waals surface area contributed by atoms with Gasteiger partial charge in [-0.25, -0.2) is 0 Å². The third-order valence-electron chi connectivity index (χ3n) is 2.38. The smallest absolute Gasteiger partial charge is 0.231 e. The summed E-state index contributed by atoms with van der Waals surface area (Å²) in [4.78, 5) is 0. The maximum Gasteiger partial charge on any atom is 0.231 e. The highest BCUT2D eigenvalue weighted by atomic mass is 19.1. The second kappa shape index (κ2) is 5.03. The van der Waals surface area contributed by atoms with Gasteiger partial charge in [0.25, 0.3) is 0 Å². The number of benzene rings is 1. The number of phenols is 1. The van der Waals surface area contributed by atoms with Crippen LogP contribution in [0.5, 0.6) is 17.2 Å². The van der Waals surface area contributed by atoms with E-state index in [1.807, 2.05) is 0 Å². The Labute approximate surface area is 93.0 Å². The highest BCUT2D eigenvalue weighted by Crippen LogP contribution is 2.37. The van der Waals surface area contributed by atoms with E-state index in [2.05, 4.69) is 5.32 Å². The summed E-state index contributed by atoms with van der Waals surface area (Å²) >= 11 is 0. The average Bonchev–Trinajstić information content (AvgIpc) is 2.71. The molecule has 4 nitrogen and oxygen atoms in total. The number of hydrogen-bond donors (Lipinski definition) is 2. The fourth-order valence-electron chi connectivity index (χ4n) is 1.53. The van der Waals surface area contributed by atoms with Gasteiger partial charge < -0.3 is 19.9 Å². The lowest BCUT2D eigenvalue weighted by molar-refractivity contribution is 0.174. The molecule has 1 aromatic rings. The summed E-state index contributed by atoms with van der Waals surface area (Å²) in [6, 6.07) is 3.27. The Morgan fingerprint density at radius 1 is 1.31 bits per heavy atom. The largest absolute Gasteiger partial charge is 0.507 e. The second-order valence-corrected chi connectivity index (χ2v) is 3.55. The van der Waals surface area contributed by atoms with E-state index in [0.29, 0.717) is 31.0 Å². The zero-order valence-electron chi connectivity index (χ0n) is 8.83. The lowest BCUT2D eigenvalue weighted by atomic mass is 10.1. The van der Waals surface area contributed by atoms with Gasteiger partial charge in [-0.2, -0.15) is 0 Å². The second-order valence-electron chi connectivity index (χ2n) is 3.55. The Morgan fingerprint density at radius 3 is 2.81 bits per heavy atom. The van der Waals surface area contributed by atoms with Crippen LogP contribution in [0.3, 0.4) is 0 Å². The van der Waals surface area contributed by atoms with Crippen LogP contribution in [0, 0.1) is 0 Å². The van der Waals surface area contributed by atoms with Crippen molar-refractivity contribution in [3.05, 3.63) is 17.7 Å². The van der Waals surface area contributed by atoms with Crippen LogP contribution < -0.4 is 14.8 Å². The fourth-order valence-corrected chi connectivity index (χ4v) is 1.53. The molecular weight excluding hydrogens is 213 g/mol. The molecular formula is C11H14FNO3. The molecule has 0 aliphatic carbocycles. The first-order valence-electron chi connectivity index (χ1n) is 5.19. The van der Waals surface area contributed by atoms with Crippen LogP contribution in [0.1, 0.15) is 12.0 Å². The number of phenolic OH excluding ortho intramolecular Hbond substituents is 1. The van der Waals surface area contributed by atoms with Gasteiger partial charge in [-0.05, 0) is 19.0 Å². The summed E-state index contributed by atoms with van der Waals surface area (Å²) in [5.41, 5.74) is 0.725. The number of ether oxygens (including phenoxy) is 2. The van der Waals surface area contributed by atoms with Gasteiger partial charge >= 0.3 is 0 Å². The molecule has 0 saturated carbocycles. The van der Waals surface area contributed by atoms with Gasteiger partial charge in [-0.15, -0.1) is 0 Å². The van der Waals surface area contributed by atoms with Gasteiger partial charge in [-0.3, -0.25) is 4.39 Å². The van der Waals surface area contributed by atoms with Crippen LogP contribution in [-0.4, -0.2) is 25.1 Å². The number of halogens is 1. The predicted molar refractivity (Wildman–Crippen MR) is 56.5 cm³/mol. The Hall–Kier alpha value is -1.49. The quantitative estimate of drug-likeness (QED) is 0.750. The molecule has 1 heterocycles. The first kappa shape index (κ1) is 11.0. The van der Waals surface area contributed by atoms with E-state index in [0.717, 1.165) is 5.56 Å². The van der Waals surface area contributed by atoms with Crippen LogP contribution in [0.4, 0.5) is 4.39 Å². The van der Waals surface area contributed by atoms with Crippen molar-refractivity contribution >= 4 is 0 Å². The summed E-state index contributed by atoms with van der Waals surface area (Å²) in [7, 11) is 0. The highest BCUT2D eigenvalue weighted by molar-refractivity contribution is 5.51. The van der Waals surface area contributed by atoms with Crippen LogP contribution in [0.2, 0.25) is 0 Å². The molecule has 5 heteroatoms. The summed E-state index contributed by atoms with van der Waals surface area (Å²) < 4.78 is 22.2. The molecule has 0 radical (unpaired) electrons. The average molecular weight is 227 g/mol. The van der Waals surface area contributed by atoms with Gasteiger partial charge in [0.05, 0.1) is 6.67 Å². The minimum absolute atomic E-state index is 0.164. The molecule has 2 rings (SSSR count). The van der Waals surface area contributed by atoms with Crippen LogP contribution in [0.25, 0.3) is 0 Å². The molecule has 16 heavy (non-hydrogen) atoms. The van der Waals surface area contributed by atoms with Gasteiger partial charge in [0, 0.05) is 18.2 Å². The van der Waals surface area contributed by atoms with Crippen molar-refractivity contribution < 1.29 is 19.0 Å². The van der Waals surface area contributed by atoms with Crippen molar-refractivity contribution in [2.75, 3.05) is 20.0 Å². The molecule has 2 N–H and O–H groups in total. The molecule has 88 valence electrons. The van der Waals surface area contributed by atoms with E-state index in [1.165, 1.54) is 6.07 Å². The van der Waals surface area contributed by atoms with Crippen molar-refractivity contribution in [3.8, 4) is 17.2 Å². The lowest BCUT2D eigenvalue weighted by Crippen LogP contribution is -2.15. The Bertz CT molecular complexity index is 370. The Morgan fingerprint density at radius 2 is 2.06 bits per heavy atom. The van der Waals surface area contributed by atoms with Crippen molar-refractivity contribution in [1.29, 1.82) is 0 Å². The topological polar surface area (TPSA) is 50.7 Å². The maximum atomic E-state index is 11.9. The van der Waals surface area contributed by atoms with E-state index in [-0.39, 0.29) is 19.2 Å². The molecule has 0 aromatic heterocycles. The summed E-state index contributed by atoms with van der Waals surface area (Å²) in [6.07, 6.45) is 0.477. The van der Waals surface area contributed by atoms with Crippen molar-refractivity contribution in [3.63, 3.8) is 0 Å². The SMILES string of the molecule is Oc1cc2c(cc1CNCCCF)OCO2. The first-order valence-corrected chi connectivity index (χ1v) is 5.19. The number of aromatic hydroxyl groups is 1. The third-order valence-corrected chi connectivity index (χ3v) is 2.38. The van der Waals surface area contributed by atoms with Gasteiger partial charge in [0.15, 0.2) is 11.5 Å². The molecule has 0 atom stereocenters. The molecule has 1 aliphatic rings. The van der Waals surface area contributed by atoms with E-state index in [9.17, 15) is 9.50 Å². The standard InChI is InChI=1S/C11H14FNO3/c12-2-1-3-13-6-8-4-10-11(5-9(8)14)16-7-15-10/h4-5,13-14H,1-3,6-7H2. The van der Waals surface area contributed by atoms with Crippen molar-refractivity contribution in [1.82, 2.24) is 5.32 Å². The molecule has 0 unspecified atom stereocenters. The minimum atomic E-state index is -0.333. The molecule has 0 fully saturated rings. The normalized spacial score (nSPS) is 13.1. The molecule has 0 bridgehead atoms. The molecule has 0 amide bonds. The lowest BCUT2D eigenvalue weighted by Gasteiger charge is -2.07. The molecule has 1 aromatic carbocycles. The highest BCUT2D eigenvalue weighted by Gasteiger charge is 2.16. The third kappa shape index (κ3) is 2.36. The zero-order valence-corrected chi connectivity index (χ0v) is 8.83. The van der Waals surface area contributed by atoms with E-state index in [4.69, 9.17) is 9.47 Å². The van der Waals surface area contributed by atoms with Crippen LogP contribution in [0.15, 0.2) is 12.1 Å². The van der Waals surface area contributed by atoms with Gasteiger partial charge in [-0.1, -0.05) is 0 Å². The van der Waals surface area contributed by atoms with E-state index >= 15 is 0 Å². The zero-order chi connectivity index (χ0) is 11.4. The number of nitrogens with one attached hydrogen (secondary N) is 1. The predicted octanol–water partition coefficient (Wildman–Crippen LogP) is 1.57. The molecule has 0 saturated heterocycles. The monoisotopic (exact) mass is 227 g/mol. The van der Waals surface area contributed by atoms with Crippen molar-refractivity contribution in [2.45, 2.75) is 13.0 Å². The van der Waals surface area contributed by atoms with Crippen LogP contribution >= 0.6 is 0 Å². The number of hydrogen-bond acceptors (Lipinski definition) is 4. The minimum Gasteiger partial charge on any atom is -0.507 e.